The molecule has 0 saturated carbocycles. The van der Waals surface area contributed by atoms with Gasteiger partial charge < -0.3 is 4.74 Å². The number of ether oxygens (including phenoxy) is 1. The summed E-state index contributed by atoms with van der Waals surface area (Å²) in [5.41, 5.74) is 3.57. The molecule has 2 aliphatic heterocycles. The van der Waals surface area contributed by atoms with Gasteiger partial charge in [-0.2, -0.15) is 0 Å². The lowest BCUT2D eigenvalue weighted by molar-refractivity contribution is -0.0799. The molecule has 1 aromatic carbocycles. The van der Waals surface area contributed by atoms with Crippen molar-refractivity contribution in [1.82, 2.24) is 9.88 Å². The summed E-state index contributed by atoms with van der Waals surface area (Å²) in [7, 11) is 0. The zero-order chi connectivity index (χ0) is 15.0. The van der Waals surface area contributed by atoms with E-state index in [-0.39, 0.29) is 5.60 Å². The van der Waals surface area contributed by atoms with Gasteiger partial charge in [0.25, 0.3) is 0 Å². The Labute approximate surface area is 135 Å². The second-order valence-corrected chi connectivity index (χ2v) is 6.53. The van der Waals surface area contributed by atoms with Crippen LogP contribution in [0.4, 0.5) is 0 Å². The number of aromatic nitrogens is 1. The molecule has 22 heavy (non-hydrogen) atoms. The average molecular weight is 315 g/mol. The molecule has 0 bridgehead atoms. The minimum atomic E-state index is -0.144. The van der Waals surface area contributed by atoms with Gasteiger partial charge in [-0.25, -0.2) is 4.98 Å². The van der Waals surface area contributed by atoms with E-state index in [1.54, 1.807) is 6.20 Å². The molecule has 0 unspecified atom stereocenters. The summed E-state index contributed by atoms with van der Waals surface area (Å²) in [5, 5.41) is 0.598. The van der Waals surface area contributed by atoms with E-state index in [2.05, 4.69) is 46.3 Å². The first-order valence-corrected chi connectivity index (χ1v) is 8.19. The zero-order valence-corrected chi connectivity index (χ0v) is 13.2. The van der Waals surface area contributed by atoms with Crippen molar-refractivity contribution in [3.8, 4) is 0 Å². The molecule has 0 aliphatic carbocycles. The average Bonchev–Trinajstić information content (AvgIpc) is 2.91. The van der Waals surface area contributed by atoms with E-state index >= 15 is 0 Å². The molecule has 2 aliphatic rings. The van der Waals surface area contributed by atoms with Crippen molar-refractivity contribution in [3.63, 3.8) is 0 Å². The molecule has 1 aromatic heterocycles. The van der Waals surface area contributed by atoms with Crippen LogP contribution in [0.3, 0.4) is 0 Å². The number of likely N-dealkylation sites (tertiary alicyclic amines) is 1. The minimum Gasteiger partial charge on any atom is -0.365 e. The third-order valence-corrected chi connectivity index (χ3v) is 5.23. The van der Waals surface area contributed by atoms with E-state index in [9.17, 15) is 0 Å². The second-order valence-electron chi connectivity index (χ2n) is 6.17. The van der Waals surface area contributed by atoms with Crippen molar-refractivity contribution in [2.24, 2.45) is 0 Å². The smallest absolute Gasteiger partial charge is 0.134 e. The summed E-state index contributed by atoms with van der Waals surface area (Å²) in [6.07, 6.45) is 3.84. The Morgan fingerprint density at radius 1 is 1.14 bits per heavy atom. The van der Waals surface area contributed by atoms with Crippen molar-refractivity contribution in [2.45, 2.75) is 31.6 Å². The van der Waals surface area contributed by atoms with Gasteiger partial charge in [0, 0.05) is 31.4 Å². The first kappa shape index (κ1) is 14.2. The van der Waals surface area contributed by atoms with Crippen LogP contribution in [0.2, 0.25) is 5.15 Å². The van der Waals surface area contributed by atoms with Crippen LogP contribution in [-0.4, -0.2) is 23.0 Å². The van der Waals surface area contributed by atoms with Crippen LogP contribution in [0.5, 0.6) is 0 Å². The number of nitrogens with zero attached hydrogens (tertiary/aromatic N) is 2. The fourth-order valence-corrected chi connectivity index (χ4v) is 3.86. The monoisotopic (exact) mass is 314 g/mol. The van der Waals surface area contributed by atoms with Crippen LogP contribution in [0.1, 0.15) is 29.5 Å². The molecule has 4 rings (SSSR count). The molecule has 4 heteroatoms. The van der Waals surface area contributed by atoms with Gasteiger partial charge in [0.05, 0.1) is 12.2 Å². The van der Waals surface area contributed by atoms with E-state index in [0.29, 0.717) is 11.8 Å². The van der Waals surface area contributed by atoms with E-state index < -0.39 is 0 Å². The normalized spacial score (nSPS) is 20.2. The fourth-order valence-electron chi connectivity index (χ4n) is 3.65. The SMILES string of the molecule is Clc1nccc2c1COC21CCN(Cc2ccccc2)CC1. The van der Waals surface area contributed by atoms with Gasteiger partial charge in [0.1, 0.15) is 5.15 Å². The summed E-state index contributed by atoms with van der Waals surface area (Å²) in [4.78, 5) is 6.68. The molecule has 1 fully saturated rings. The van der Waals surface area contributed by atoms with Gasteiger partial charge >= 0.3 is 0 Å². The Kier molecular flexibility index (Phi) is 3.65. The van der Waals surface area contributed by atoms with Gasteiger partial charge in [-0.15, -0.1) is 0 Å². The van der Waals surface area contributed by atoms with Gasteiger partial charge in [-0.3, -0.25) is 4.90 Å². The third kappa shape index (κ3) is 2.43. The minimum absolute atomic E-state index is 0.144. The predicted octanol–water partition coefficient (Wildman–Crippen LogP) is 3.76. The fraction of sp³-hybridized carbons (Fsp3) is 0.389. The molecule has 0 N–H and O–H groups in total. The summed E-state index contributed by atoms with van der Waals surface area (Å²) >= 11 is 6.21. The molecule has 0 amide bonds. The van der Waals surface area contributed by atoms with E-state index in [4.69, 9.17) is 16.3 Å². The van der Waals surface area contributed by atoms with Crippen LogP contribution in [0.25, 0.3) is 0 Å². The Bertz CT molecular complexity index is 666. The lowest BCUT2D eigenvalue weighted by Gasteiger charge is -2.39. The molecular formula is C18H19ClN2O. The first-order chi connectivity index (χ1) is 10.8. The largest absolute Gasteiger partial charge is 0.365 e. The summed E-state index contributed by atoms with van der Waals surface area (Å²) in [6, 6.07) is 12.7. The number of hydrogen-bond acceptors (Lipinski definition) is 3. The van der Waals surface area contributed by atoms with Crippen LogP contribution < -0.4 is 0 Å². The molecule has 1 spiro atoms. The van der Waals surface area contributed by atoms with Crippen molar-refractivity contribution in [2.75, 3.05) is 13.1 Å². The highest BCUT2D eigenvalue weighted by molar-refractivity contribution is 6.30. The van der Waals surface area contributed by atoms with Crippen LogP contribution >= 0.6 is 11.6 Å². The van der Waals surface area contributed by atoms with Crippen molar-refractivity contribution < 1.29 is 4.74 Å². The molecule has 1 saturated heterocycles. The molecule has 0 radical (unpaired) electrons. The summed E-state index contributed by atoms with van der Waals surface area (Å²) < 4.78 is 6.18. The lowest BCUT2D eigenvalue weighted by Crippen LogP contribution is -2.42. The Morgan fingerprint density at radius 3 is 2.68 bits per heavy atom. The summed E-state index contributed by atoms with van der Waals surface area (Å²) in [6.45, 7) is 3.71. The number of benzene rings is 1. The van der Waals surface area contributed by atoms with E-state index in [1.165, 1.54) is 11.1 Å². The molecule has 2 aromatic rings. The highest BCUT2D eigenvalue weighted by atomic mass is 35.5. The van der Waals surface area contributed by atoms with Crippen molar-refractivity contribution in [3.05, 3.63) is 64.4 Å². The summed E-state index contributed by atoms with van der Waals surface area (Å²) in [5.74, 6) is 0. The van der Waals surface area contributed by atoms with Crippen LogP contribution in [0, 0.1) is 0 Å². The first-order valence-electron chi connectivity index (χ1n) is 7.81. The molecule has 3 nitrogen and oxygen atoms in total. The maximum Gasteiger partial charge on any atom is 0.134 e. The highest BCUT2D eigenvalue weighted by Crippen LogP contribution is 2.45. The van der Waals surface area contributed by atoms with Gasteiger partial charge in [-0.1, -0.05) is 41.9 Å². The molecular weight excluding hydrogens is 296 g/mol. The zero-order valence-electron chi connectivity index (χ0n) is 12.5. The van der Waals surface area contributed by atoms with E-state index in [0.717, 1.165) is 38.0 Å². The Hall–Kier alpha value is -1.42. The van der Waals surface area contributed by atoms with Gasteiger partial charge in [0.2, 0.25) is 0 Å². The van der Waals surface area contributed by atoms with Crippen LogP contribution in [0.15, 0.2) is 42.6 Å². The Balaban J connectivity index is 1.48. The number of rotatable bonds is 2. The molecule has 3 heterocycles. The molecule has 114 valence electrons. The quantitative estimate of drug-likeness (QED) is 0.789. The van der Waals surface area contributed by atoms with Gasteiger partial charge in [-0.05, 0) is 30.0 Å². The van der Waals surface area contributed by atoms with Crippen molar-refractivity contribution >= 4 is 11.6 Å². The van der Waals surface area contributed by atoms with Crippen LogP contribution in [-0.2, 0) is 23.5 Å². The highest BCUT2D eigenvalue weighted by Gasteiger charge is 2.43. The number of hydrogen-bond donors (Lipinski definition) is 0. The number of fused-ring (bicyclic) bond motifs is 2. The predicted molar refractivity (Wildman–Crippen MR) is 86.7 cm³/mol. The van der Waals surface area contributed by atoms with E-state index in [1.807, 2.05) is 0 Å². The second kappa shape index (κ2) is 5.65. The third-order valence-electron chi connectivity index (χ3n) is 4.90. The number of piperidine rings is 1. The lowest BCUT2D eigenvalue weighted by atomic mass is 9.84. The molecule has 0 atom stereocenters. The van der Waals surface area contributed by atoms with Gasteiger partial charge in [0.15, 0.2) is 0 Å². The van der Waals surface area contributed by atoms with Crippen molar-refractivity contribution in [1.29, 1.82) is 0 Å². The maximum absolute atomic E-state index is 6.21. The Morgan fingerprint density at radius 2 is 1.91 bits per heavy atom. The standard InChI is InChI=1S/C18H19ClN2O/c19-17-15-13-22-18(16(15)6-9-20-17)7-10-21(11-8-18)12-14-4-2-1-3-5-14/h1-6,9H,7-8,10-13H2. The number of halogens is 1. The number of pyridine rings is 1. The maximum atomic E-state index is 6.21. The topological polar surface area (TPSA) is 25.4 Å².